The molecular weight excluding hydrogens is 506 g/mol. The van der Waals surface area contributed by atoms with Crippen molar-refractivity contribution in [2.24, 2.45) is 0 Å². The summed E-state index contributed by atoms with van der Waals surface area (Å²) in [4.78, 5) is 52.0. The van der Waals surface area contributed by atoms with E-state index in [1.165, 1.54) is 13.1 Å². The van der Waals surface area contributed by atoms with E-state index in [-0.39, 0.29) is 25.2 Å². The molecule has 3 amide bonds. The zero-order chi connectivity index (χ0) is 28.8. The van der Waals surface area contributed by atoms with Crippen molar-refractivity contribution in [3.63, 3.8) is 0 Å². The predicted molar refractivity (Wildman–Crippen MR) is 141 cm³/mol. The molecule has 39 heavy (non-hydrogen) atoms. The maximum atomic E-state index is 13.8. The van der Waals surface area contributed by atoms with Gasteiger partial charge in [-0.15, -0.1) is 0 Å². The number of rotatable bonds is 8. The Morgan fingerprint density at radius 2 is 1.74 bits per heavy atom. The summed E-state index contributed by atoms with van der Waals surface area (Å²) in [5, 5.41) is 25.2. The van der Waals surface area contributed by atoms with Crippen LogP contribution in [0.3, 0.4) is 0 Å². The number of carbonyl (C=O) groups excluding carboxylic acids is 3. The maximum Gasteiger partial charge on any atom is 0.408 e. The van der Waals surface area contributed by atoms with E-state index in [9.17, 15) is 29.4 Å². The Hall–Kier alpha value is -4.28. The number of carboxylic acid groups (broad SMARTS) is 1. The van der Waals surface area contributed by atoms with E-state index in [4.69, 9.17) is 9.47 Å². The van der Waals surface area contributed by atoms with Crippen molar-refractivity contribution in [1.82, 2.24) is 15.5 Å². The van der Waals surface area contributed by atoms with Crippen LogP contribution in [0.15, 0.2) is 48.5 Å². The first-order valence-electron chi connectivity index (χ1n) is 12.6. The van der Waals surface area contributed by atoms with Crippen LogP contribution in [-0.4, -0.2) is 70.0 Å². The maximum absolute atomic E-state index is 13.8. The molecular formula is C28H35N3O8. The van der Waals surface area contributed by atoms with E-state index in [1.54, 1.807) is 51.1 Å². The topological polar surface area (TPSA) is 154 Å². The number of hydrogen-bond donors (Lipinski definition) is 4. The fourth-order valence-electron chi connectivity index (χ4n) is 4.45. The standard InChI is InChI=1S/C28H35N3O8/c1-27(2,3)39-26(37)30-28(14-13-19-11-8-12-22(32)20(19)15-28)24(35)31(4)16-21(23(33)34)29-25(36)38-17-18-9-6-5-7-10-18/h5-12,21,32H,13-17H2,1-4H3,(H,29,36)(H,30,37)(H,33,34)/t21-,28+/m0/s1. The molecule has 0 radical (unpaired) electrons. The van der Waals surface area contributed by atoms with Crippen LogP contribution in [0.1, 0.15) is 43.9 Å². The van der Waals surface area contributed by atoms with Gasteiger partial charge in [-0.1, -0.05) is 42.5 Å². The third kappa shape index (κ3) is 7.86. The van der Waals surface area contributed by atoms with E-state index in [0.29, 0.717) is 12.0 Å². The summed E-state index contributed by atoms with van der Waals surface area (Å²) >= 11 is 0. The summed E-state index contributed by atoms with van der Waals surface area (Å²) in [6.45, 7) is 4.61. The van der Waals surface area contributed by atoms with Crippen molar-refractivity contribution in [3.8, 4) is 5.75 Å². The number of hydrogen-bond acceptors (Lipinski definition) is 7. The molecule has 2 aromatic carbocycles. The molecule has 0 fully saturated rings. The number of phenols is 1. The first-order valence-corrected chi connectivity index (χ1v) is 12.6. The molecule has 0 spiro atoms. The monoisotopic (exact) mass is 541 g/mol. The Balaban J connectivity index is 1.77. The van der Waals surface area contributed by atoms with Crippen molar-refractivity contribution in [2.75, 3.05) is 13.6 Å². The lowest BCUT2D eigenvalue weighted by molar-refractivity contribution is -0.142. The molecule has 0 aliphatic heterocycles. The van der Waals surface area contributed by atoms with Crippen LogP contribution in [0.2, 0.25) is 0 Å². The number of nitrogens with one attached hydrogen (secondary N) is 2. The SMILES string of the molecule is CN(C[C@H](NC(=O)OCc1ccccc1)C(=O)O)C(=O)[C@@]1(NC(=O)OC(C)(C)C)CCc2cccc(O)c2C1. The number of aryl methyl sites for hydroxylation is 1. The number of amides is 3. The molecule has 11 heteroatoms. The number of aliphatic carboxylic acids is 1. The van der Waals surface area contributed by atoms with Gasteiger partial charge < -0.3 is 35.2 Å². The molecule has 3 rings (SSSR count). The highest BCUT2D eigenvalue weighted by Gasteiger charge is 2.46. The molecule has 11 nitrogen and oxygen atoms in total. The van der Waals surface area contributed by atoms with Crippen LogP contribution in [0.4, 0.5) is 9.59 Å². The summed E-state index contributed by atoms with van der Waals surface area (Å²) in [6.07, 6.45) is -1.23. The van der Waals surface area contributed by atoms with Gasteiger partial charge in [0, 0.05) is 13.5 Å². The van der Waals surface area contributed by atoms with E-state index >= 15 is 0 Å². The summed E-state index contributed by atoms with van der Waals surface area (Å²) in [5.74, 6) is -1.97. The van der Waals surface area contributed by atoms with Crippen LogP contribution >= 0.6 is 0 Å². The average Bonchev–Trinajstić information content (AvgIpc) is 2.86. The van der Waals surface area contributed by atoms with Gasteiger partial charge in [0.05, 0.1) is 6.54 Å². The summed E-state index contributed by atoms with van der Waals surface area (Å²) < 4.78 is 10.5. The number of ether oxygens (including phenoxy) is 2. The van der Waals surface area contributed by atoms with Gasteiger partial charge in [0.15, 0.2) is 0 Å². The van der Waals surface area contributed by atoms with Gasteiger partial charge in [0.25, 0.3) is 0 Å². The Kier molecular flexibility index (Phi) is 9.05. The van der Waals surface area contributed by atoms with Crippen molar-refractivity contribution in [1.29, 1.82) is 0 Å². The summed E-state index contributed by atoms with van der Waals surface area (Å²) in [6, 6.07) is 12.4. The number of nitrogens with zero attached hydrogens (tertiary/aromatic N) is 1. The number of likely N-dealkylation sites (N-methyl/N-ethyl adjacent to an activating group) is 1. The minimum atomic E-state index is -1.51. The number of benzene rings is 2. The van der Waals surface area contributed by atoms with E-state index < -0.39 is 47.8 Å². The molecule has 2 aromatic rings. The van der Waals surface area contributed by atoms with Gasteiger partial charge in [0.2, 0.25) is 5.91 Å². The predicted octanol–water partition coefficient (Wildman–Crippen LogP) is 2.98. The molecule has 1 aliphatic carbocycles. The molecule has 2 atom stereocenters. The molecule has 0 bridgehead atoms. The summed E-state index contributed by atoms with van der Waals surface area (Å²) in [7, 11) is 1.38. The first kappa shape index (κ1) is 29.3. The Bertz CT molecular complexity index is 1210. The number of carbonyl (C=O) groups is 4. The molecule has 0 unspecified atom stereocenters. The van der Waals surface area contributed by atoms with Crippen LogP contribution in [0, 0.1) is 0 Å². The largest absolute Gasteiger partial charge is 0.508 e. The Morgan fingerprint density at radius 3 is 2.38 bits per heavy atom. The lowest BCUT2D eigenvalue weighted by Gasteiger charge is -2.40. The highest BCUT2D eigenvalue weighted by molar-refractivity contribution is 5.91. The van der Waals surface area contributed by atoms with E-state index in [0.717, 1.165) is 16.0 Å². The lowest BCUT2D eigenvalue weighted by Crippen LogP contribution is -2.63. The number of phenolic OH excluding ortho intramolecular Hbond substituents is 1. The second kappa shape index (κ2) is 12.1. The molecule has 4 N–H and O–H groups in total. The van der Waals surface area contributed by atoms with Gasteiger partial charge in [-0.25, -0.2) is 14.4 Å². The van der Waals surface area contributed by atoms with Gasteiger partial charge in [0.1, 0.15) is 29.5 Å². The first-order chi connectivity index (χ1) is 18.3. The third-order valence-corrected chi connectivity index (χ3v) is 6.30. The normalized spacial score (nSPS) is 17.2. The van der Waals surface area contributed by atoms with Gasteiger partial charge in [-0.05, 0) is 56.4 Å². The number of carboxylic acids is 1. The van der Waals surface area contributed by atoms with Crippen LogP contribution in [-0.2, 0) is 38.5 Å². The second-order valence-electron chi connectivity index (χ2n) is 10.6. The fraction of sp³-hybridized carbons (Fsp3) is 0.429. The molecule has 210 valence electrons. The third-order valence-electron chi connectivity index (χ3n) is 6.30. The fourth-order valence-corrected chi connectivity index (χ4v) is 4.45. The number of fused-ring (bicyclic) bond motifs is 1. The number of aromatic hydroxyl groups is 1. The van der Waals surface area contributed by atoms with Gasteiger partial charge in [-0.3, -0.25) is 4.79 Å². The second-order valence-corrected chi connectivity index (χ2v) is 10.6. The van der Waals surface area contributed by atoms with Crippen molar-refractivity contribution >= 4 is 24.1 Å². The van der Waals surface area contributed by atoms with Crippen molar-refractivity contribution in [3.05, 3.63) is 65.2 Å². The van der Waals surface area contributed by atoms with Crippen molar-refractivity contribution in [2.45, 2.75) is 63.8 Å². The van der Waals surface area contributed by atoms with Crippen LogP contribution in [0.25, 0.3) is 0 Å². The van der Waals surface area contributed by atoms with Crippen molar-refractivity contribution < 1.29 is 38.9 Å². The van der Waals surface area contributed by atoms with E-state index in [1.807, 2.05) is 12.1 Å². The molecule has 0 aromatic heterocycles. The molecule has 0 heterocycles. The van der Waals surface area contributed by atoms with Crippen LogP contribution < -0.4 is 10.6 Å². The van der Waals surface area contributed by atoms with E-state index in [2.05, 4.69) is 10.6 Å². The minimum absolute atomic E-state index is 0.00995. The zero-order valence-electron chi connectivity index (χ0n) is 22.5. The summed E-state index contributed by atoms with van der Waals surface area (Å²) in [5.41, 5.74) is -0.257. The van der Waals surface area contributed by atoms with Gasteiger partial charge in [-0.2, -0.15) is 0 Å². The average molecular weight is 542 g/mol. The Morgan fingerprint density at radius 1 is 1.05 bits per heavy atom. The van der Waals surface area contributed by atoms with Gasteiger partial charge >= 0.3 is 18.2 Å². The number of alkyl carbamates (subject to hydrolysis) is 2. The molecule has 0 saturated carbocycles. The zero-order valence-corrected chi connectivity index (χ0v) is 22.5. The lowest BCUT2D eigenvalue weighted by atomic mass is 9.76. The quantitative estimate of drug-likeness (QED) is 0.398. The smallest absolute Gasteiger partial charge is 0.408 e. The Labute approximate surface area is 227 Å². The highest BCUT2D eigenvalue weighted by Crippen LogP contribution is 2.35. The van der Waals surface area contributed by atoms with Crippen LogP contribution in [0.5, 0.6) is 5.75 Å². The highest BCUT2D eigenvalue weighted by atomic mass is 16.6. The molecule has 1 aliphatic rings. The minimum Gasteiger partial charge on any atom is -0.508 e. The molecule has 0 saturated heterocycles.